The number of hydrogen-bond donors (Lipinski definition) is 3. The lowest BCUT2D eigenvalue weighted by molar-refractivity contribution is 0.102. The van der Waals surface area contributed by atoms with Crippen molar-refractivity contribution in [2.75, 3.05) is 30.8 Å². The molecule has 1 fully saturated rings. The van der Waals surface area contributed by atoms with E-state index in [-0.39, 0.29) is 33.4 Å². The van der Waals surface area contributed by atoms with Crippen molar-refractivity contribution in [2.24, 2.45) is 0 Å². The average molecular weight is 501 g/mol. The molecule has 1 aliphatic rings. The van der Waals surface area contributed by atoms with E-state index in [9.17, 15) is 14.0 Å². The minimum atomic E-state index is -0.790. The zero-order valence-corrected chi connectivity index (χ0v) is 19.4. The molecule has 174 valence electrons. The summed E-state index contributed by atoms with van der Waals surface area (Å²) in [5, 5.41) is 14.0. The van der Waals surface area contributed by atoms with E-state index in [4.69, 9.17) is 33.3 Å². The molecule has 0 bridgehead atoms. The van der Waals surface area contributed by atoms with Crippen molar-refractivity contribution in [2.45, 2.75) is 0 Å². The van der Waals surface area contributed by atoms with E-state index in [2.05, 4.69) is 10.6 Å². The zero-order chi connectivity index (χ0) is 24.4. The van der Waals surface area contributed by atoms with Gasteiger partial charge in [-0.25, -0.2) is 4.39 Å². The fourth-order valence-corrected chi connectivity index (χ4v) is 3.60. The van der Waals surface area contributed by atoms with Gasteiger partial charge in [0.25, 0.3) is 11.8 Å². The Morgan fingerprint density at radius 2 is 1.62 bits per heavy atom. The number of amidine groups is 1. The van der Waals surface area contributed by atoms with Gasteiger partial charge in [-0.05, 0) is 42.5 Å². The number of ether oxygens (including phenoxy) is 1. The zero-order valence-electron chi connectivity index (χ0n) is 17.9. The number of carbonyl (C=O) groups is 2. The molecule has 3 N–H and O–H groups in total. The first-order valence-corrected chi connectivity index (χ1v) is 10.9. The standard InChI is InChI=1S/C24H19Cl2FN4O3/c1-34-20-12-15(26)11-18(24(33)29-16-5-3-14(25)4-6-16)21(20)30-23(32)17-7-2-13(10-19(17)27)22(28)31-8-9-31/h2-7,10-12,28H,8-9H2,1H3,(H,29,33)(H,30,32). The van der Waals surface area contributed by atoms with Crippen molar-refractivity contribution in [1.82, 2.24) is 4.90 Å². The van der Waals surface area contributed by atoms with E-state index in [0.29, 0.717) is 16.3 Å². The summed E-state index contributed by atoms with van der Waals surface area (Å²) in [6.45, 7) is 1.50. The maximum absolute atomic E-state index is 14.8. The van der Waals surface area contributed by atoms with Crippen LogP contribution in [0.15, 0.2) is 54.6 Å². The molecule has 0 unspecified atom stereocenters. The Bertz CT molecular complexity index is 1290. The van der Waals surface area contributed by atoms with E-state index in [1.165, 1.54) is 31.4 Å². The lowest BCUT2D eigenvalue weighted by Crippen LogP contribution is -2.20. The minimum absolute atomic E-state index is 0.0213. The number of nitrogens with zero attached hydrogens (tertiary/aromatic N) is 1. The van der Waals surface area contributed by atoms with Gasteiger partial charge >= 0.3 is 0 Å². The second-order valence-electron chi connectivity index (χ2n) is 7.48. The van der Waals surface area contributed by atoms with Crippen LogP contribution in [0.4, 0.5) is 15.8 Å². The predicted molar refractivity (Wildman–Crippen MR) is 130 cm³/mol. The number of amides is 2. The SMILES string of the molecule is COc1cc(Cl)cc(C(=O)Nc2ccc(Cl)cc2)c1NC(=O)c1ccc(C(=N)N2CC2)cc1F. The van der Waals surface area contributed by atoms with Crippen LogP contribution in [-0.4, -0.2) is 42.7 Å². The maximum atomic E-state index is 14.8. The highest BCUT2D eigenvalue weighted by Crippen LogP contribution is 2.34. The summed E-state index contributed by atoms with van der Waals surface area (Å²) in [6.07, 6.45) is 0. The second-order valence-corrected chi connectivity index (χ2v) is 8.35. The summed E-state index contributed by atoms with van der Waals surface area (Å²) in [5.41, 5.74) is 0.653. The van der Waals surface area contributed by atoms with Gasteiger partial charge in [0.2, 0.25) is 0 Å². The van der Waals surface area contributed by atoms with E-state index in [1.54, 1.807) is 29.2 Å². The second kappa shape index (κ2) is 9.70. The molecule has 0 spiro atoms. The molecule has 1 saturated heterocycles. The molecule has 1 aliphatic heterocycles. The van der Waals surface area contributed by atoms with Gasteiger partial charge in [0, 0.05) is 40.5 Å². The summed E-state index contributed by atoms with van der Waals surface area (Å²) in [7, 11) is 1.36. The molecule has 3 aromatic rings. The van der Waals surface area contributed by atoms with Crippen molar-refractivity contribution < 1.29 is 18.7 Å². The van der Waals surface area contributed by atoms with Crippen LogP contribution in [0.2, 0.25) is 10.0 Å². The number of hydrogen-bond acceptors (Lipinski definition) is 4. The van der Waals surface area contributed by atoms with Crippen molar-refractivity contribution in [3.05, 3.63) is 87.2 Å². The molecule has 1 heterocycles. The Morgan fingerprint density at radius 1 is 0.941 bits per heavy atom. The molecule has 3 aromatic carbocycles. The van der Waals surface area contributed by atoms with Crippen LogP contribution in [0.5, 0.6) is 5.75 Å². The highest BCUT2D eigenvalue weighted by molar-refractivity contribution is 6.32. The van der Waals surface area contributed by atoms with E-state index in [0.717, 1.165) is 19.2 Å². The van der Waals surface area contributed by atoms with Gasteiger partial charge in [0.15, 0.2) is 0 Å². The molecule has 2 amide bonds. The molecule has 10 heteroatoms. The van der Waals surface area contributed by atoms with Crippen LogP contribution in [-0.2, 0) is 0 Å². The Balaban J connectivity index is 1.63. The van der Waals surface area contributed by atoms with E-state index in [1.807, 2.05) is 0 Å². The number of nitrogens with one attached hydrogen (secondary N) is 3. The monoisotopic (exact) mass is 500 g/mol. The van der Waals surface area contributed by atoms with Gasteiger partial charge in [-0.3, -0.25) is 15.0 Å². The summed E-state index contributed by atoms with van der Waals surface area (Å²) in [6, 6.07) is 13.2. The number of methoxy groups -OCH3 is 1. The molecule has 0 atom stereocenters. The van der Waals surface area contributed by atoms with Crippen LogP contribution in [0, 0.1) is 11.2 Å². The van der Waals surface area contributed by atoms with Crippen molar-refractivity contribution in [1.29, 1.82) is 5.41 Å². The largest absolute Gasteiger partial charge is 0.494 e. The summed E-state index contributed by atoms with van der Waals surface area (Å²) >= 11 is 12.0. The number of anilines is 2. The normalized spacial score (nSPS) is 12.2. The van der Waals surface area contributed by atoms with Crippen LogP contribution in [0.1, 0.15) is 26.3 Å². The summed E-state index contributed by atoms with van der Waals surface area (Å²) in [5.74, 6) is -1.82. The highest BCUT2D eigenvalue weighted by Gasteiger charge is 2.25. The number of rotatable bonds is 6. The highest BCUT2D eigenvalue weighted by atomic mass is 35.5. The van der Waals surface area contributed by atoms with Gasteiger partial charge in [-0.15, -0.1) is 0 Å². The Hall–Kier alpha value is -3.62. The van der Waals surface area contributed by atoms with Gasteiger partial charge in [0.1, 0.15) is 17.4 Å². The average Bonchev–Trinajstić information content (AvgIpc) is 3.66. The Kier molecular flexibility index (Phi) is 6.72. The summed E-state index contributed by atoms with van der Waals surface area (Å²) < 4.78 is 20.1. The molecule has 0 aliphatic carbocycles. The van der Waals surface area contributed by atoms with Crippen LogP contribution < -0.4 is 15.4 Å². The molecular weight excluding hydrogens is 482 g/mol. The number of halogens is 3. The maximum Gasteiger partial charge on any atom is 0.258 e. The van der Waals surface area contributed by atoms with Crippen molar-refractivity contribution in [3.63, 3.8) is 0 Å². The molecule has 7 nitrogen and oxygen atoms in total. The minimum Gasteiger partial charge on any atom is -0.494 e. The first kappa shape index (κ1) is 23.5. The van der Waals surface area contributed by atoms with Gasteiger partial charge in [0.05, 0.1) is 23.9 Å². The lowest BCUT2D eigenvalue weighted by atomic mass is 10.1. The molecule has 34 heavy (non-hydrogen) atoms. The quantitative estimate of drug-likeness (QED) is 0.243. The van der Waals surface area contributed by atoms with Crippen LogP contribution in [0.3, 0.4) is 0 Å². The Labute approximate surface area is 204 Å². The molecule has 0 radical (unpaired) electrons. The number of carbonyl (C=O) groups excluding carboxylic acids is 2. The third kappa shape index (κ3) is 5.13. The Morgan fingerprint density at radius 3 is 2.24 bits per heavy atom. The first-order chi connectivity index (χ1) is 16.3. The van der Waals surface area contributed by atoms with Gasteiger partial charge < -0.3 is 20.3 Å². The first-order valence-electron chi connectivity index (χ1n) is 10.2. The van der Waals surface area contributed by atoms with Gasteiger partial charge in [-0.1, -0.05) is 29.3 Å². The van der Waals surface area contributed by atoms with Crippen molar-refractivity contribution >= 4 is 52.2 Å². The lowest BCUT2D eigenvalue weighted by Gasteiger charge is -2.16. The van der Waals surface area contributed by atoms with E-state index >= 15 is 0 Å². The van der Waals surface area contributed by atoms with E-state index < -0.39 is 17.6 Å². The molecular formula is C24H19Cl2FN4O3. The van der Waals surface area contributed by atoms with Crippen LogP contribution >= 0.6 is 23.2 Å². The van der Waals surface area contributed by atoms with Crippen LogP contribution in [0.25, 0.3) is 0 Å². The van der Waals surface area contributed by atoms with Crippen molar-refractivity contribution in [3.8, 4) is 5.75 Å². The topological polar surface area (TPSA) is 94.3 Å². The fourth-order valence-electron chi connectivity index (χ4n) is 3.27. The number of benzene rings is 3. The smallest absolute Gasteiger partial charge is 0.258 e. The molecule has 4 rings (SSSR count). The molecule has 0 aromatic heterocycles. The molecule has 0 saturated carbocycles. The predicted octanol–water partition coefficient (Wildman–Crippen LogP) is 5.29. The third-order valence-corrected chi connectivity index (χ3v) is 5.59. The summed E-state index contributed by atoms with van der Waals surface area (Å²) in [4.78, 5) is 27.7. The fraction of sp³-hybridized carbons (Fsp3) is 0.125. The van der Waals surface area contributed by atoms with Gasteiger partial charge in [-0.2, -0.15) is 0 Å². The third-order valence-electron chi connectivity index (χ3n) is 5.12.